The monoisotopic (exact) mass is 231 g/mol. The van der Waals surface area contributed by atoms with E-state index in [0.29, 0.717) is 0 Å². The second kappa shape index (κ2) is 9.24. The van der Waals surface area contributed by atoms with Crippen LogP contribution < -0.4 is 16.8 Å². The maximum Gasteiger partial charge on any atom is 0.0337 e. The van der Waals surface area contributed by atoms with Crippen molar-refractivity contribution in [2.45, 2.75) is 0 Å². The summed E-state index contributed by atoms with van der Waals surface area (Å²) in [5.41, 5.74) is 2.32. The molecule has 0 aliphatic carbocycles. The average Bonchev–Trinajstić information content (AvgIpc) is 2.41. The van der Waals surface area contributed by atoms with Gasteiger partial charge in [0.25, 0.3) is 0 Å². The van der Waals surface area contributed by atoms with Gasteiger partial charge in [-0.25, -0.2) is 0 Å². The molecule has 0 aliphatic rings. The van der Waals surface area contributed by atoms with Crippen LogP contribution in [0.2, 0.25) is 0 Å². The summed E-state index contributed by atoms with van der Waals surface area (Å²) in [5, 5.41) is 6.05. The van der Waals surface area contributed by atoms with Gasteiger partial charge in [0.1, 0.15) is 0 Å². The maximum atomic E-state index is 3.03. The zero-order valence-electron chi connectivity index (χ0n) is 10.5. The molecule has 0 saturated heterocycles. The molecule has 92 valence electrons. The smallest absolute Gasteiger partial charge is 0.0337 e. The van der Waals surface area contributed by atoms with Crippen molar-refractivity contribution >= 4 is 11.4 Å². The minimum atomic E-state index is 0. The summed E-state index contributed by atoms with van der Waals surface area (Å²) in [7, 11) is 3.82. The Morgan fingerprint density at radius 2 is 0.882 bits per heavy atom. The van der Waals surface area contributed by atoms with Crippen molar-refractivity contribution in [2.24, 2.45) is 0 Å². The number of rotatable bonds is 2. The summed E-state index contributed by atoms with van der Waals surface area (Å²) in [5.74, 6) is 0. The first-order chi connectivity index (χ1) is 7.86. The fraction of sp³-hybridized carbons (Fsp3) is 0.143. The molecule has 3 nitrogen and oxygen atoms in total. The quantitative estimate of drug-likeness (QED) is 0.740. The molecule has 2 rings (SSSR count). The van der Waals surface area contributed by atoms with Gasteiger partial charge < -0.3 is 16.8 Å². The summed E-state index contributed by atoms with van der Waals surface area (Å²) in [6.45, 7) is 0. The molecule has 0 aliphatic heterocycles. The van der Waals surface area contributed by atoms with Gasteiger partial charge in [0.05, 0.1) is 0 Å². The van der Waals surface area contributed by atoms with Crippen LogP contribution in [-0.4, -0.2) is 14.1 Å². The predicted molar refractivity (Wildman–Crippen MR) is 77.0 cm³/mol. The van der Waals surface area contributed by atoms with E-state index in [1.165, 1.54) is 0 Å². The molecule has 0 radical (unpaired) electrons. The van der Waals surface area contributed by atoms with E-state index in [4.69, 9.17) is 0 Å². The van der Waals surface area contributed by atoms with E-state index in [1.54, 1.807) is 0 Å². The van der Waals surface area contributed by atoms with Gasteiger partial charge in [-0.15, -0.1) is 0 Å². The summed E-state index contributed by atoms with van der Waals surface area (Å²) >= 11 is 0. The summed E-state index contributed by atoms with van der Waals surface area (Å²) < 4.78 is 0. The van der Waals surface area contributed by atoms with Crippen LogP contribution in [0.1, 0.15) is 0 Å². The fourth-order valence-corrected chi connectivity index (χ4v) is 1.21. The lowest BCUT2D eigenvalue weighted by atomic mass is 10.3. The Morgan fingerprint density at radius 3 is 1.06 bits per heavy atom. The topological polar surface area (TPSA) is 59.1 Å². The highest BCUT2D eigenvalue weighted by Gasteiger charge is 1.78. The van der Waals surface area contributed by atoms with Crippen LogP contribution in [0.5, 0.6) is 0 Å². The third kappa shape index (κ3) is 6.22. The van der Waals surface area contributed by atoms with E-state index in [9.17, 15) is 0 Å². The van der Waals surface area contributed by atoms with Gasteiger partial charge >= 0.3 is 0 Å². The highest BCUT2D eigenvalue weighted by Crippen LogP contribution is 2.02. The molecule has 0 heterocycles. The summed E-state index contributed by atoms with van der Waals surface area (Å²) in [4.78, 5) is 0. The second-order valence-electron chi connectivity index (χ2n) is 3.23. The molecule has 0 atom stereocenters. The fourth-order valence-electron chi connectivity index (χ4n) is 1.21. The van der Waals surface area contributed by atoms with E-state index in [1.807, 2.05) is 74.8 Å². The molecule has 5 N–H and O–H groups in total. The first kappa shape index (κ1) is 15.0. The van der Waals surface area contributed by atoms with Crippen LogP contribution in [0.25, 0.3) is 0 Å². The number of anilines is 2. The Hall–Kier alpha value is -2.00. The lowest BCUT2D eigenvalue weighted by Crippen LogP contribution is -1.84. The van der Waals surface area contributed by atoms with Crippen molar-refractivity contribution in [1.29, 1.82) is 0 Å². The predicted octanol–water partition coefficient (Wildman–Crippen LogP) is 3.62. The molecular formula is C14H21N3. The van der Waals surface area contributed by atoms with Gasteiger partial charge in [0, 0.05) is 25.5 Å². The van der Waals surface area contributed by atoms with Gasteiger partial charge in [-0.1, -0.05) is 36.4 Å². The van der Waals surface area contributed by atoms with Crippen LogP contribution in [-0.2, 0) is 0 Å². The number of para-hydroxylation sites is 2. The van der Waals surface area contributed by atoms with E-state index in [2.05, 4.69) is 10.6 Å². The lowest BCUT2D eigenvalue weighted by molar-refractivity contribution is 1.51. The zero-order valence-corrected chi connectivity index (χ0v) is 10.5. The molecule has 3 heteroatoms. The number of hydrogen-bond donors (Lipinski definition) is 3. The van der Waals surface area contributed by atoms with Crippen LogP contribution in [0.4, 0.5) is 11.4 Å². The van der Waals surface area contributed by atoms with Crippen molar-refractivity contribution < 1.29 is 0 Å². The van der Waals surface area contributed by atoms with Crippen LogP contribution in [0.15, 0.2) is 60.7 Å². The summed E-state index contributed by atoms with van der Waals surface area (Å²) in [6.07, 6.45) is 0. The molecule has 0 amide bonds. The van der Waals surface area contributed by atoms with Crippen molar-refractivity contribution in [3.8, 4) is 0 Å². The van der Waals surface area contributed by atoms with Gasteiger partial charge in [0.15, 0.2) is 0 Å². The first-order valence-electron chi connectivity index (χ1n) is 5.32. The molecule has 0 aromatic heterocycles. The summed E-state index contributed by atoms with van der Waals surface area (Å²) in [6, 6.07) is 20.1. The molecular weight excluding hydrogens is 210 g/mol. The Labute approximate surface area is 103 Å². The highest BCUT2D eigenvalue weighted by molar-refractivity contribution is 5.41. The molecule has 0 fully saturated rings. The minimum Gasteiger partial charge on any atom is -0.388 e. The Kier molecular flexibility index (Phi) is 8.15. The Morgan fingerprint density at radius 1 is 0.588 bits per heavy atom. The van der Waals surface area contributed by atoms with E-state index in [0.717, 1.165) is 11.4 Å². The third-order valence-electron chi connectivity index (χ3n) is 2.12. The molecule has 0 saturated carbocycles. The SMILES string of the molecule is CNc1ccccc1.CNc1ccccc1.N. The minimum absolute atomic E-state index is 0. The Balaban J connectivity index is 0.000000284. The lowest BCUT2D eigenvalue weighted by Gasteiger charge is -1.94. The molecule has 2 aromatic carbocycles. The first-order valence-corrected chi connectivity index (χ1v) is 5.32. The van der Waals surface area contributed by atoms with Crippen molar-refractivity contribution in [3.05, 3.63) is 60.7 Å². The van der Waals surface area contributed by atoms with Gasteiger partial charge in [-0.3, -0.25) is 0 Å². The largest absolute Gasteiger partial charge is 0.388 e. The maximum absolute atomic E-state index is 3.03. The van der Waals surface area contributed by atoms with Crippen molar-refractivity contribution in [3.63, 3.8) is 0 Å². The highest BCUT2D eigenvalue weighted by atomic mass is 14.8. The molecule has 2 aromatic rings. The molecule has 17 heavy (non-hydrogen) atoms. The normalized spacial score (nSPS) is 8.12. The zero-order chi connectivity index (χ0) is 11.6. The van der Waals surface area contributed by atoms with Gasteiger partial charge in [0.2, 0.25) is 0 Å². The number of hydrogen-bond acceptors (Lipinski definition) is 3. The average molecular weight is 231 g/mol. The van der Waals surface area contributed by atoms with Crippen LogP contribution >= 0.6 is 0 Å². The second-order valence-corrected chi connectivity index (χ2v) is 3.23. The number of nitrogens with one attached hydrogen (secondary N) is 2. The van der Waals surface area contributed by atoms with Crippen molar-refractivity contribution in [2.75, 3.05) is 24.7 Å². The van der Waals surface area contributed by atoms with E-state index < -0.39 is 0 Å². The Bertz CT molecular complexity index is 334. The molecule has 0 unspecified atom stereocenters. The van der Waals surface area contributed by atoms with E-state index >= 15 is 0 Å². The molecule has 0 spiro atoms. The molecule has 0 bridgehead atoms. The van der Waals surface area contributed by atoms with Gasteiger partial charge in [-0.2, -0.15) is 0 Å². The van der Waals surface area contributed by atoms with E-state index in [-0.39, 0.29) is 6.15 Å². The third-order valence-corrected chi connectivity index (χ3v) is 2.12. The standard InChI is InChI=1S/2C7H9N.H3N/c2*1-8-7-5-3-2-4-6-7;/h2*2-6,8H,1H3;1H3. The van der Waals surface area contributed by atoms with Crippen LogP contribution in [0.3, 0.4) is 0 Å². The van der Waals surface area contributed by atoms with Gasteiger partial charge in [-0.05, 0) is 24.3 Å². The number of benzene rings is 2. The van der Waals surface area contributed by atoms with Crippen LogP contribution in [0, 0.1) is 0 Å². The van der Waals surface area contributed by atoms with Crippen molar-refractivity contribution in [1.82, 2.24) is 6.15 Å².